The highest BCUT2D eigenvalue weighted by atomic mass is 16.5. The molecule has 1 saturated carbocycles. The summed E-state index contributed by atoms with van der Waals surface area (Å²) in [5.74, 6) is 0.525. The number of carbonyl (C=O) groups excluding carboxylic acids is 4. The number of alkyl carbamates (subject to hydrolysis) is 2. The lowest BCUT2D eigenvalue weighted by atomic mass is 9.82. The molecule has 2 saturated heterocycles. The van der Waals surface area contributed by atoms with E-state index < -0.39 is 30.3 Å². The molecule has 0 radical (unpaired) electrons. The largest absolute Gasteiger partial charge is 0.453 e. The summed E-state index contributed by atoms with van der Waals surface area (Å²) in [6.45, 7) is 8.65. The fourth-order valence-electron chi connectivity index (χ4n) is 11.3. The predicted octanol–water partition coefficient (Wildman–Crippen LogP) is 8.39. The Labute approximate surface area is 390 Å². The molecule has 4 N–H and O–H groups in total. The van der Waals surface area contributed by atoms with Crippen molar-refractivity contribution in [2.75, 3.05) is 27.3 Å². The summed E-state index contributed by atoms with van der Waals surface area (Å²) < 4.78 is 9.59. The molecule has 3 aromatic carbocycles. The van der Waals surface area contributed by atoms with Gasteiger partial charge < -0.3 is 39.9 Å². The maximum absolute atomic E-state index is 13.9. The van der Waals surface area contributed by atoms with E-state index in [0.717, 1.165) is 65.9 Å². The van der Waals surface area contributed by atoms with Crippen molar-refractivity contribution in [2.45, 2.75) is 116 Å². The van der Waals surface area contributed by atoms with Crippen LogP contribution in [-0.2, 0) is 31.9 Å². The Morgan fingerprint density at radius 3 is 1.76 bits per heavy atom. The lowest BCUT2D eigenvalue weighted by molar-refractivity contribution is -0.136. The van der Waals surface area contributed by atoms with Gasteiger partial charge >= 0.3 is 12.2 Å². The summed E-state index contributed by atoms with van der Waals surface area (Å²) in [5.41, 5.74) is 9.61. The van der Waals surface area contributed by atoms with Crippen LogP contribution in [0, 0.1) is 17.3 Å². The molecule has 4 amide bonds. The molecule has 3 fully saturated rings. The van der Waals surface area contributed by atoms with Gasteiger partial charge in [0, 0.05) is 13.1 Å². The monoisotopic (exact) mass is 910 g/mol. The number of benzene rings is 3. The first-order valence-electron chi connectivity index (χ1n) is 23.9. The molecular weight excluding hydrogens is 849 g/mol. The molecule has 4 atom stereocenters. The molecule has 2 aliphatic heterocycles. The molecule has 2 aromatic heterocycles. The number of rotatable bonds is 11. The van der Waals surface area contributed by atoms with Gasteiger partial charge in [-0.25, -0.2) is 19.6 Å². The number of hydrogen-bond donors (Lipinski definition) is 4. The number of hydrogen-bond acceptors (Lipinski definition) is 9. The SMILES string of the molecule is COC(=O)N[C@H](C(=O)N1CCCC1c1ncc(-c2ccc(-c3ccc(-c4ccc5nc([C@@H]6CCCN6C(=O)[C@@H](NC(=O)OC)C(C)C)[nH]c(=O)c5c4)c4c3CC3(CCCC3)C4)cc2)[nH]1)C(C)C. The first-order valence-corrected chi connectivity index (χ1v) is 23.9. The topological polar surface area (TPSA) is 192 Å². The lowest BCUT2D eigenvalue weighted by Gasteiger charge is -2.30. The zero-order chi connectivity index (χ0) is 47.1. The van der Waals surface area contributed by atoms with E-state index in [1.807, 2.05) is 50.9 Å². The van der Waals surface area contributed by atoms with Gasteiger partial charge in [0.2, 0.25) is 11.8 Å². The number of methoxy groups -OCH3 is 2. The van der Waals surface area contributed by atoms with Gasteiger partial charge in [-0.3, -0.25) is 14.4 Å². The van der Waals surface area contributed by atoms with Crippen LogP contribution in [0.4, 0.5) is 9.59 Å². The number of aromatic amines is 2. The van der Waals surface area contributed by atoms with E-state index in [2.05, 4.69) is 63.1 Å². The molecule has 0 bridgehead atoms. The molecule has 9 rings (SSSR count). The molecule has 2 aliphatic carbocycles. The lowest BCUT2D eigenvalue weighted by Crippen LogP contribution is -2.51. The van der Waals surface area contributed by atoms with Gasteiger partial charge in [-0.2, -0.15) is 0 Å². The zero-order valence-corrected chi connectivity index (χ0v) is 39.4. The summed E-state index contributed by atoms with van der Waals surface area (Å²) in [7, 11) is 2.57. The third-order valence-corrected chi connectivity index (χ3v) is 14.8. The summed E-state index contributed by atoms with van der Waals surface area (Å²) in [5, 5.41) is 5.90. The van der Waals surface area contributed by atoms with Crippen LogP contribution in [0.15, 0.2) is 65.6 Å². The molecule has 4 heterocycles. The second kappa shape index (κ2) is 18.6. The van der Waals surface area contributed by atoms with Gasteiger partial charge in [0.25, 0.3) is 5.56 Å². The van der Waals surface area contributed by atoms with Crippen LogP contribution in [-0.4, -0.2) is 93.1 Å². The fourth-order valence-corrected chi connectivity index (χ4v) is 11.3. The number of nitrogens with zero attached hydrogens (tertiary/aromatic N) is 4. The van der Waals surface area contributed by atoms with Crippen LogP contribution in [0.3, 0.4) is 0 Å². The molecule has 5 aromatic rings. The Morgan fingerprint density at radius 2 is 1.21 bits per heavy atom. The molecule has 352 valence electrons. The second-order valence-corrected chi connectivity index (χ2v) is 19.7. The third kappa shape index (κ3) is 8.80. The van der Waals surface area contributed by atoms with E-state index in [-0.39, 0.29) is 40.7 Å². The molecule has 1 unspecified atom stereocenters. The van der Waals surface area contributed by atoms with Crippen LogP contribution in [0.5, 0.6) is 0 Å². The zero-order valence-electron chi connectivity index (χ0n) is 39.4. The summed E-state index contributed by atoms with van der Waals surface area (Å²) in [6, 6.07) is 16.9. The van der Waals surface area contributed by atoms with E-state index in [1.54, 1.807) is 4.90 Å². The van der Waals surface area contributed by atoms with Crippen LogP contribution in [0.2, 0.25) is 0 Å². The smallest absolute Gasteiger partial charge is 0.407 e. The Hall–Kier alpha value is -6.51. The number of aromatic nitrogens is 4. The molecule has 15 nitrogen and oxygen atoms in total. The minimum atomic E-state index is -0.771. The third-order valence-electron chi connectivity index (χ3n) is 14.8. The van der Waals surface area contributed by atoms with Gasteiger partial charge in [-0.05, 0) is 120 Å². The Bertz CT molecular complexity index is 2750. The van der Waals surface area contributed by atoms with Crippen molar-refractivity contribution in [2.24, 2.45) is 17.3 Å². The van der Waals surface area contributed by atoms with Gasteiger partial charge in [0.05, 0.1) is 49.1 Å². The Balaban J connectivity index is 0.972. The van der Waals surface area contributed by atoms with E-state index in [1.165, 1.54) is 56.6 Å². The summed E-state index contributed by atoms with van der Waals surface area (Å²) in [6.07, 6.45) is 10.4. The fraction of sp³-hybridized carbons (Fsp3) is 0.481. The Morgan fingerprint density at radius 1 is 0.687 bits per heavy atom. The molecule has 67 heavy (non-hydrogen) atoms. The van der Waals surface area contributed by atoms with E-state index in [4.69, 9.17) is 19.4 Å². The Kier molecular flexibility index (Phi) is 12.7. The normalized spacial score (nSPS) is 19.6. The van der Waals surface area contributed by atoms with Gasteiger partial charge in [0.1, 0.15) is 23.7 Å². The predicted molar refractivity (Wildman–Crippen MR) is 255 cm³/mol. The average Bonchev–Trinajstić information content (AvgIpc) is 4.20. The van der Waals surface area contributed by atoms with Gasteiger partial charge in [0.15, 0.2) is 0 Å². The maximum atomic E-state index is 13.9. The minimum absolute atomic E-state index is 0.115. The number of ether oxygens (including phenoxy) is 2. The van der Waals surface area contributed by atoms with Crippen molar-refractivity contribution >= 4 is 34.9 Å². The summed E-state index contributed by atoms with van der Waals surface area (Å²) >= 11 is 0. The van der Waals surface area contributed by atoms with Crippen molar-refractivity contribution in [3.05, 3.63) is 93.9 Å². The number of fused-ring (bicyclic) bond motifs is 2. The molecule has 4 aliphatic rings. The minimum Gasteiger partial charge on any atom is -0.453 e. The second-order valence-electron chi connectivity index (χ2n) is 19.7. The van der Waals surface area contributed by atoms with Gasteiger partial charge in [-0.15, -0.1) is 0 Å². The number of amides is 4. The summed E-state index contributed by atoms with van der Waals surface area (Å²) in [4.78, 5) is 85.4. The number of carbonyl (C=O) groups is 4. The molecule has 15 heteroatoms. The number of likely N-dealkylation sites (tertiary alicyclic amines) is 2. The highest BCUT2D eigenvalue weighted by Gasteiger charge is 2.42. The van der Waals surface area contributed by atoms with E-state index in [0.29, 0.717) is 36.2 Å². The first-order chi connectivity index (χ1) is 32.3. The van der Waals surface area contributed by atoms with Crippen molar-refractivity contribution in [3.63, 3.8) is 0 Å². The van der Waals surface area contributed by atoms with Crippen LogP contribution >= 0.6 is 0 Å². The first kappa shape index (κ1) is 45.6. The number of nitrogens with one attached hydrogen (secondary N) is 4. The highest BCUT2D eigenvalue weighted by molar-refractivity contribution is 5.89. The van der Waals surface area contributed by atoms with Crippen LogP contribution in [0.25, 0.3) is 44.4 Å². The number of imidazole rings is 1. The average molecular weight is 911 g/mol. The highest BCUT2D eigenvalue weighted by Crippen LogP contribution is 2.53. The maximum Gasteiger partial charge on any atom is 0.407 e. The quantitative estimate of drug-likeness (QED) is 0.101. The molecule has 1 spiro atoms. The van der Waals surface area contributed by atoms with Gasteiger partial charge in [-0.1, -0.05) is 83.0 Å². The van der Waals surface area contributed by atoms with Crippen LogP contribution < -0.4 is 16.2 Å². The molecular formula is C52H62N8O7. The number of H-pyrrole nitrogens is 2. The van der Waals surface area contributed by atoms with Crippen molar-refractivity contribution in [1.82, 2.24) is 40.4 Å². The van der Waals surface area contributed by atoms with Crippen molar-refractivity contribution < 1.29 is 28.7 Å². The van der Waals surface area contributed by atoms with Crippen LogP contribution in [0.1, 0.15) is 114 Å². The van der Waals surface area contributed by atoms with E-state index >= 15 is 0 Å². The van der Waals surface area contributed by atoms with Crippen molar-refractivity contribution in [3.8, 4) is 33.5 Å². The standard InChI is InChI=1S/C52H62N8O7/c1-29(2)43(56-50(64)66-5)48(62)59-23-9-11-41(59)45-53-28-40(55-45)32-15-13-31(14-16-32)34-18-19-35(38-27-52(26-37(34)38)21-7-8-22-52)33-17-20-39-36(25-33)47(61)58-46(54-39)42-12-10-24-60(42)49(63)44(30(3)4)57-51(65)67-6/h13-20,25,28-30,41-44H,7-12,21-24,26-27H2,1-6H3,(H,53,55)(H,56,64)(H,57,65)(H,54,58,61)/t41?,42-,43-,44-/m0/s1. The van der Waals surface area contributed by atoms with E-state index in [9.17, 15) is 24.0 Å². The van der Waals surface area contributed by atoms with Crippen molar-refractivity contribution in [1.29, 1.82) is 0 Å².